The number of aromatic nitrogens is 1. The van der Waals surface area contributed by atoms with Crippen LogP contribution < -0.4 is 5.32 Å². The molecule has 3 unspecified atom stereocenters. The van der Waals surface area contributed by atoms with Crippen molar-refractivity contribution >= 4 is 5.82 Å². The lowest BCUT2D eigenvalue weighted by Gasteiger charge is -2.43. The summed E-state index contributed by atoms with van der Waals surface area (Å²) < 4.78 is 0. The van der Waals surface area contributed by atoms with Gasteiger partial charge >= 0.3 is 0 Å². The molecule has 2 saturated carbocycles. The van der Waals surface area contributed by atoms with Crippen LogP contribution in [0.1, 0.15) is 45.7 Å². The maximum Gasteiger partial charge on any atom is 0.142 e. The Hall–Kier alpha value is -1.56. The molecule has 100 valence electrons. The zero-order valence-corrected chi connectivity index (χ0v) is 11.9. The van der Waals surface area contributed by atoms with E-state index in [1.807, 2.05) is 12.1 Å². The average molecular weight is 255 g/mol. The summed E-state index contributed by atoms with van der Waals surface area (Å²) in [6.45, 7) is 7.13. The Kier molecular flexibility index (Phi) is 2.60. The molecule has 0 spiro atoms. The van der Waals surface area contributed by atoms with Crippen molar-refractivity contribution in [1.29, 1.82) is 5.26 Å². The summed E-state index contributed by atoms with van der Waals surface area (Å²) in [5.41, 5.74) is 1.16. The fraction of sp³-hybridized carbons (Fsp3) is 0.625. The van der Waals surface area contributed by atoms with Crippen LogP contribution in [0.4, 0.5) is 5.82 Å². The van der Waals surface area contributed by atoms with Gasteiger partial charge in [0.1, 0.15) is 17.6 Å². The molecule has 2 aliphatic carbocycles. The maximum absolute atomic E-state index is 8.94. The van der Waals surface area contributed by atoms with Crippen molar-refractivity contribution in [3.05, 3.63) is 23.9 Å². The Bertz CT molecular complexity index is 538. The van der Waals surface area contributed by atoms with Crippen LogP contribution in [-0.2, 0) is 0 Å². The van der Waals surface area contributed by atoms with Crippen LogP contribution in [0.15, 0.2) is 18.2 Å². The van der Waals surface area contributed by atoms with Crippen LogP contribution in [0.25, 0.3) is 0 Å². The van der Waals surface area contributed by atoms with E-state index < -0.39 is 0 Å². The van der Waals surface area contributed by atoms with Crippen LogP contribution in [0.3, 0.4) is 0 Å². The Morgan fingerprint density at radius 2 is 2.16 bits per heavy atom. The van der Waals surface area contributed by atoms with Gasteiger partial charge < -0.3 is 5.32 Å². The average Bonchev–Trinajstić information content (AvgIpc) is 2.86. The Morgan fingerprint density at radius 1 is 1.37 bits per heavy atom. The Labute approximate surface area is 115 Å². The summed E-state index contributed by atoms with van der Waals surface area (Å²) in [4.78, 5) is 4.36. The molecular formula is C16H21N3. The minimum atomic E-state index is 0.303. The number of hydrogen-bond acceptors (Lipinski definition) is 3. The number of nitrogens with zero attached hydrogens (tertiary/aromatic N) is 2. The van der Waals surface area contributed by atoms with E-state index in [1.165, 1.54) is 19.3 Å². The summed E-state index contributed by atoms with van der Waals surface area (Å²) in [6.07, 6.45) is 3.97. The lowest BCUT2D eigenvalue weighted by molar-refractivity contribution is 0.155. The summed E-state index contributed by atoms with van der Waals surface area (Å²) in [7, 11) is 0. The van der Waals surface area contributed by atoms with Crippen LogP contribution >= 0.6 is 0 Å². The van der Waals surface area contributed by atoms with Gasteiger partial charge in [-0.1, -0.05) is 26.8 Å². The van der Waals surface area contributed by atoms with E-state index in [9.17, 15) is 0 Å². The molecule has 1 N–H and O–H groups in total. The molecule has 0 aliphatic heterocycles. The molecular weight excluding hydrogens is 234 g/mol. The van der Waals surface area contributed by atoms with E-state index in [4.69, 9.17) is 5.26 Å². The van der Waals surface area contributed by atoms with Gasteiger partial charge in [0.05, 0.1) is 0 Å². The summed E-state index contributed by atoms with van der Waals surface area (Å²) >= 11 is 0. The molecule has 19 heavy (non-hydrogen) atoms. The number of fused-ring (bicyclic) bond motifs is 2. The van der Waals surface area contributed by atoms with Gasteiger partial charge in [-0.3, -0.25) is 0 Å². The molecule has 1 aromatic heterocycles. The molecule has 0 amide bonds. The fourth-order valence-corrected chi connectivity index (χ4v) is 4.39. The van der Waals surface area contributed by atoms with Crippen molar-refractivity contribution in [2.75, 3.05) is 5.32 Å². The van der Waals surface area contributed by atoms with Gasteiger partial charge in [0.25, 0.3) is 0 Å². The van der Waals surface area contributed by atoms with E-state index in [2.05, 4.69) is 37.1 Å². The largest absolute Gasteiger partial charge is 0.366 e. The quantitative estimate of drug-likeness (QED) is 0.878. The fourth-order valence-electron chi connectivity index (χ4n) is 4.39. The minimum absolute atomic E-state index is 0.303. The highest BCUT2D eigenvalue weighted by Crippen LogP contribution is 2.62. The van der Waals surface area contributed by atoms with Crippen molar-refractivity contribution in [3.63, 3.8) is 0 Å². The first kappa shape index (κ1) is 12.5. The normalized spacial score (nSPS) is 35.1. The number of rotatable bonds is 2. The van der Waals surface area contributed by atoms with E-state index in [-0.39, 0.29) is 0 Å². The molecule has 2 bridgehead atoms. The third-order valence-corrected chi connectivity index (χ3v) is 5.43. The van der Waals surface area contributed by atoms with Crippen LogP contribution in [0.2, 0.25) is 0 Å². The van der Waals surface area contributed by atoms with Crippen molar-refractivity contribution in [3.8, 4) is 6.07 Å². The van der Waals surface area contributed by atoms with Gasteiger partial charge in [-0.25, -0.2) is 4.98 Å². The topological polar surface area (TPSA) is 48.7 Å². The minimum Gasteiger partial charge on any atom is -0.366 e. The second kappa shape index (κ2) is 3.96. The second-order valence-electron chi connectivity index (χ2n) is 7.01. The molecule has 1 heterocycles. The first-order valence-electron chi connectivity index (χ1n) is 7.09. The molecule has 3 rings (SSSR count). The molecule has 0 aromatic carbocycles. The van der Waals surface area contributed by atoms with E-state index in [1.54, 1.807) is 6.07 Å². The first-order valence-corrected chi connectivity index (χ1v) is 7.09. The van der Waals surface area contributed by atoms with Gasteiger partial charge in [0.2, 0.25) is 0 Å². The highest BCUT2D eigenvalue weighted by Gasteiger charge is 2.59. The zero-order valence-electron chi connectivity index (χ0n) is 11.9. The van der Waals surface area contributed by atoms with Gasteiger partial charge in [-0.15, -0.1) is 0 Å². The SMILES string of the molecule is CC12CCC(C1)C(C)(C)C2Nc1cccc(C#N)n1. The lowest BCUT2D eigenvalue weighted by atomic mass is 9.68. The number of nitriles is 1. The summed E-state index contributed by atoms with van der Waals surface area (Å²) in [5, 5.41) is 12.6. The molecule has 3 heteroatoms. The molecule has 1 aromatic rings. The number of nitrogens with one attached hydrogen (secondary N) is 1. The number of anilines is 1. The maximum atomic E-state index is 8.94. The number of hydrogen-bond donors (Lipinski definition) is 1. The van der Waals surface area contributed by atoms with Crippen molar-refractivity contribution in [2.45, 2.75) is 46.1 Å². The number of pyridine rings is 1. The van der Waals surface area contributed by atoms with Gasteiger partial charge in [0.15, 0.2) is 0 Å². The van der Waals surface area contributed by atoms with E-state index >= 15 is 0 Å². The lowest BCUT2D eigenvalue weighted by Crippen LogP contribution is -2.46. The third-order valence-electron chi connectivity index (χ3n) is 5.43. The Morgan fingerprint density at radius 3 is 2.79 bits per heavy atom. The highest BCUT2D eigenvalue weighted by molar-refractivity contribution is 5.41. The summed E-state index contributed by atoms with van der Waals surface area (Å²) in [6, 6.07) is 8.16. The van der Waals surface area contributed by atoms with Crippen LogP contribution in [-0.4, -0.2) is 11.0 Å². The standard InChI is InChI=1S/C16H21N3/c1-15(2)11-7-8-16(3,9-11)14(15)19-13-6-4-5-12(10-17)18-13/h4-6,11,14H,7-9H2,1-3H3,(H,18,19). The second-order valence-corrected chi connectivity index (χ2v) is 7.01. The molecule has 2 fully saturated rings. The predicted molar refractivity (Wildman–Crippen MR) is 75.6 cm³/mol. The van der Waals surface area contributed by atoms with Gasteiger partial charge in [-0.2, -0.15) is 5.26 Å². The van der Waals surface area contributed by atoms with E-state index in [0.29, 0.717) is 22.6 Å². The van der Waals surface area contributed by atoms with Crippen molar-refractivity contribution in [2.24, 2.45) is 16.7 Å². The molecule has 0 saturated heterocycles. The van der Waals surface area contributed by atoms with Crippen molar-refractivity contribution in [1.82, 2.24) is 4.98 Å². The zero-order chi connectivity index (χ0) is 13.7. The van der Waals surface area contributed by atoms with E-state index in [0.717, 1.165) is 11.7 Å². The molecule has 3 atom stereocenters. The smallest absolute Gasteiger partial charge is 0.142 e. The molecule has 0 radical (unpaired) electrons. The van der Waals surface area contributed by atoms with Crippen molar-refractivity contribution < 1.29 is 0 Å². The molecule has 2 aliphatic rings. The van der Waals surface area contributed by atoms with Crippen LogP contribution in [0.5, 0.6) is 0 Å². The predicted octanol–water partition coefficient (Wildman–Crippen LogP) is 3.58. The molecule has 3 nitrogen and oxygen atoms in total. The summed E-state index contributed by atoms with van der Waals surface area (Å²) in [5.74, 6) is 1.65. The first-order chi connectivity index (χ1) is 8.95. The van der Waals surface area contributed by atoms with Gasteiger partial charge in [0, 0.05) is 6.04 Å². The monoisotopic (exact) mass is 255 g/mol. The highest BCUT2D eigenvalue weighted by atomic mass is 15.1. The Balaban J connectivity index is 1.88. The third kappa shape index (κ3) is 1.82. The van der Waals surface area contributed by atoms with Crippen LogP contribution in [0, 0.1) is 28.1 Å². The van der Waals surface area contributed by atoms with Gasteiger partial charge in [-0.05, 0) is 48.1 Å².